The molecule has 0 bridgehead atoms. The predicted molar refractivity (Wildman–Crippen MR) is 230 cm³/mol. The zero-order valence-electron chi connectivity index (χ0n) is 36.1. The van der Waals surface area contributed by atoms with Crippen LogP contribution in [0.5, 0.6) is 0 Å². The zero-order valence-corrected chi connectivity index (χ0v) is 36.9. The van der Waals surface area contributed by atoms with Gasteiger partial charge in [-0.2, -0.15) is 8.42 Å². The molecule has 1 aliphatic heterocycles. The Bertz CT molecular complexity index is 1160. The number of allylic oxidation sites excluding steroid dienone is 6. The van der Waals surface area contributed by atoms with Gasteiger partial charge in [0.2, 0.25) is 0 Å². The fraction of sp³-hybridized carbons (Fsp3) is 0.844. The van der Waals surface area contributed by atoms with Gasteiger partial charge in [-0.3, -0.25) is 9.35 Å². The first-order valence-corrected chi connectivity index (χ1v) is 24.1. The van der Waals surface area contributed by atoms with E-state index in [1.807, 2.05) is 0 Å². The lowest BCUT2D eigenvalue weighted by Gasteiger charge is -2.41. The smallest absolute Gasteiger partial charge is 0.397 e. The van der Waals surface area contributed by atoms with Crippen molar-refractivity contribution in [2.45, 2.75) is 218 Å². The van der Waals surface area contributed by atoms with Crippen molar-refractivity contribution in [1.29, 1.82) is 0 Å². The normalized spacial score (nSPS) is 20.8. The Hall–Kier alpha value is -1.68. The second kappa shape index (κ2) is 37.1. The molecule has 1 fully saturated rings. The lowest BCUT2D eigenvalue weighted by Crippen LogP contribution is -2.60. The molecule has 0 aromatic rings. The molecule has 1 saturated heterocycles. The van der Waals surface area contributed by atoms with Crippen LogP contribution in [-0.4, -0.2) is 97.5 Å². The third-order valence-electron chi connectivity index (χ3n) is 10.2. The maximum atomic E-state index is 12.8. The van der Waals surface area contributed by atoms with E-state index in [1.54, 1.807) is 0 Å². The van der Waals surface area contributed by atoms with Crippen molar-refractivity contribution in [3.8, 4) is 0 Å². The van der Waals surface area contributed by atoms with Crippen LogP contribution in [0.2, 0.25) is 0 Å². The molecule has 0 aromatic carbocycles. The van der Waals surface area contributed by atoms with Crippen LogP contribution in [0, 0.1) is 0 Å². The number of esters is 1. The van der Waals surface area contributed by atoms with Gasteiger partial charge in [-0.1, -0.05) is 140 Å². The average Bonchev–Trinajstić information content (AvgIpc) is 3.19. The van der Waals surface area contributed by atoms with E-state index in [1.165, 1.54) is 77.0 Å². The molecule has 58 heavy (non-hydrogen) atoms. The van der Waals surface area contributed by atoms with Crippen LogP contribution in [0.4, 0.5) is 0 Å². The number of aliphatic hydroxyl groups excluding tert-OH is 3. The molecule has 0 saturated carbocycles. The highest BCUT2D eigenvalue weighted by Crippen LogP contribution is 2.26. The molecule has 6 unspecified atom stereocenters. The Labute approximate surface area is 352 Å². The van der Waals surface area contributed by atoms with Crippen molar-refractivity contribution in [1.82, 2.24) is 0 Å². The summed E-state index contributed by atoms with van der Waals surface area (Å²) < 4.78 is 59.0. The molecule has 1 heterocycles. The molecule has 1 aliphatic rings. The highest BCUT2D eigenvalue weighted by Gasteiger charge is 2.48. The summed E-state index contributed by atoms with van der Waals surface area (Å²) in [6, 6.07) is 0. The molecule has 6 atom stereocenters. The molecular weight excluding hydrogens is 765 g/mol. The molecule has 1 rings (SSSR count). The van der Waals surface area contributed by atoms with Gasteiger partial charge in [-0.25, -0.2) is 4.18 Å². The van der Waals surface area contributed by atoms with Crippen molar-refractivity contribution in [2.75, 3.05) is 26.4 Å². The summed E-state index contributed by atoms with van der Waals surface area (Å²) in [5.41, 5.74) is 0. The Balaban J connectivity index is 2.44. The van der Waals surface area contributed by atoms with Crippen LogP contribution in [-0.2, 0) is 38.3 Å². The maximum Gasteiger partial charge on any atom is 0.397 e. The van der Waals surface area contributed by atoms with E-state index in [4.69, 9.17) is 23.5 Å². The number of aliphatic hydroxyl groups is 3. The van der Waals surface area contributed by atoms with Gasteiger partial charge in [0.1, 0.15) is 30.5 Å². The highest BCUT2D eigenvalue weighted by atomic mass is 32.3. The lowest BCUT2D eigenvalue weighted by molar-refractivity contribution is -0.301. The number of unbranched alkanes of at least 4 members (excludes halogenated alkanes) is 20. The summed E-state index contributed by atoms with van der Waals surface area (Å²) >= 11 is 0. The SMILES string of the molecule is CCCCCC/C=C\C/C=C\CCCCCCCCOCC(COC1OC(CO)C(O)C(OS(=O)(=O)O)C1O)OC(=O)CCCCCCC/C=C\CCCCCCC. The molecule has 4 N–H and O–H groups in total. The minimum atomic E-state index is -5.06. The van der Waals surface area contributed by atoms with Gasteiger partial charge in [0.15, 0.2) is 6.29 Å². The first-order chi connectivity index (χ1) is 28.1. The highest BCUT2D eigenvalue weighted by molar-refractivity contribution is 7.80. The standard InChI is InChI=1S/C45H82O12S/c1-3-5-7-9-11-13-15-17-19-20-21-23-25-27-29-31-33-35-53-37-39(38-54-45-43(49)44(57-58(50,51)52)42(48)40(36-46)56-45)55-41(47)34-32-30-28-26-24-22-18-16-14-12-10-8-6-4-2/h13,15-16,18-20,39-40,42-46,48-49H,3-12,14,17,21-38H2,1-2H3,(H,50,51,52)/b15-13-,18-16-,20-19-. The monoisotopic (exact) mass is 847 g/mol. The second-order valence-electron chi connectivity index (χ2n) is 15.6. The Morgan fingerprint density at radius 2 is 1.14 bits per heavy atom. The molecule has 13 heteroatoms. The third kappa shape index (κ3) is 30.4. The molecule has 0 aliphatic carbocycles. The molecule has 0 radical (unpaired) electrons. The second-order valence-corrected chi connectivity index (χ2v) is 16.7. The number of carbonyl (C=O) groups is 1. The number of carbonyl (C=O) groups excluding carboxylic acids is 1. The fourth-order valence-corrected chi connectivity index (χ4v) is 7.26. The molecule has 0 amide bonds. The van der Waals surface area contributed by atoms with E-state index in [2.05, 4.69) is 54.5 Å². The topological polar surface area (TPSA) is 178 Å². The van der Waals surface area contributed by atoms with Crippen molar-refractivity contribution < 1.29 is 56.2 Å². The number of hydrogen-bond donors (Lipinski definition) is 4. The Morgan fingerprint density at radius 1 is 0.655 bits per heavy atom. The quantitative estimate of drug-likeness (QED) is 0.0200. The van der Waals surface area contributed by atoms with Gasteiger partial charge in [0.25, 0.3) is 0 Å². The van der Waals surface area contributed by atoms with Crippen molar-refractivity contribution in [2.24, 2.45) is 0 Å². The van der Waals surface area contributed by atoms with E-state index in [0.717, 1.165) is 77.0 Å². The minimum absolute atomic E-state index is 0.0260. The zero-order chi connectivity index (χ0) is 42.5. The van der Waals surface area contributed by atoms with Gasteiger partial charge in [0.05, 0.1) is 19.8 Å². The van der Waals surface area contributed by atoms with Crippen LogP contribution in [0.15, 0.2) is 36.5 Å². The van der Waals surface area contributed by atoms with Gasteiger partial charge in [-0.05, 0) is 70.6 Å². The molecular formula is C45H82O12S. The summed E-state index contributed by atoms with van der Waals surface area (Å²) in [5.74, 6) is -0.412. The van der Waals surface area contributed by atoms with Gasteiger partial charge >= 0.3 is 16.4 Å². The Morgan fingerprint density at radius 3 is 1.67 bits per heavy atom. The fourth-order valence-electron chi connectivity index (χ4n) is 6.76. The summed E-state index contributed by atoms with van der Waals surface area (Å²) in [6.07, 6.45) is 33.2. The van der Waals surface area contributed by atoms with Crippen molar-refractivity contribution in [3.63, 3.8) is 0 Å². The minimum Gasteiger partial charge on any atom is -0.457 e. The summed E-state index contributed by atoms with van der Waals surface area (Å²) in [5, 5.41) is 30.6. The maximum absolute atomic E-state index is 12.8. The van der Waals surface area contributed by atoms with E-state index in [0.29, 0.717) is 13.0 Å². The first kappa shape index (κ1) is 54.3. The molecule has 0 spiro atoms. The van der Waals surface area contributed by atoms with Gasteiger partial charge < -0.3 is 34.3 Å². The number of hydrogen-bond acceptors (Lipinski definition) is 11. The largest absolute Gasteiger partial charge is 0.457 e. The van der Waals surface area contributed by atoms with Gasteiger partial charge in [0, 0.05) is 13.0 Å². The molecule has 340 valence electrons. The van der Waals surface area contributed by atoms with Crippen LogP contribution in [0.1, 0.15) is 181 Å². The van der Waals surface area contributed by atoms with E-state index < -0.39 is 59.8 Å². The lowest BCUT2D eigenvalue weighted by atomic mass is 9.99. The number of ether oxygens (including phenoxy) is 4. The van der Waals surface area contributed by atoms with Crippen LogP contribution >= 0.6 is 0 Å². The Kier molecular flexibility index (Phi) is 34.8. The van der Waals surface area contributed by atoms with Gasteiger partial charge in [-0.15, -0.1) is 0 Å². The summed E-state index contributed by atoms with van der Waals surface area (Å²) in [7, 11) is -5.06. The predicted octanol–water partition coefficient (Wildman–Crippen LogP) is 9.41. The summed E-state index contributed by atoms with van der Waals surface area (Å²) in [4.78, 5) is 12.8. The third-order valence-corrected chi connectivity index (χ3v) is 10.7. The number of rotatable bonds is 39. The summed E-state index contributed by atoms with van der Waals surface area (Å²) in [6.45, 7) is 3.93. The van der Waals surface area contributed by atoms with E-state index >= 15 is 0 Å². The average molecular weight is 847 g/mol. The molecule has 0 aromatic heterocycles. The first-order valence-electron chi connectivity index (χ1n) is 22.7. The van der Waals surface area contributed by atoms with Crippen LogP contribution < -0.4 is 0 Å². The van der Waals surface area contributed by atoms with E-state index in [-0.39, 0.29) is 19.6 Å². The van der Waals surface area contributed by atoms with Crippen LogP contribution in [0.3, 0.4) is 0 Å². The molecule has 12 nitrogen and oxygen atoms in total. The van der Waals surface area contributed by atoms with E-state index in [9.17, 15) is 28.5 Å². The van der Waals surface area contributed by atoms with Crippen LogP contribution in [0.25, 0.3) is 0 Å². The van der Waals surface area contributed by atoms with Crippen molar-refractivity contribution in [3.05, 3.63) is 36.5 Å². The van der Waals surface area contributed by atoms with Crippen molar-refractivity contribution >= 4 is 16.4 Å².